The molecule has 1 amide bonds. The van der Waals surface area contributed by atoms with Crippen molar-refractivity contribution in [3.63, 3.8) is 0 Å². The summed E-state index contributed by atoms with van der Waals surface area (Å²) in [4.78, 5) is 13.7. The maximum absolute atomic E-state index is 13.0. The number of carbonyl (C=O) groups is 1. The summed E-state index contributed by atoms with van der Waals surface area (Å²) in [6.07, 6.45) is 3.45. The molecule has 4 rings (SSSR count). The van der Waals surface area contributed by atoms with Crippen LogP contribution in [0, 0.1) is 11.7 Å². The molecule has 2 heterocycles. The molecular formula is C21H23FN4OS2. The number of amides is 1. The fourth-order valence-electron chi connectivity index (χ4n) is 3.61. The summed E-state index contributed by atoms with van der Waals surface area (Å²) in [5.41, 5.74) is 3.18. The minimum absolute atomic E-state index is 0.157. The number of nitrogens with one attached hydrogen (secondary N) is 1. The highest BCUT2D eigenvalue weighted by atomic mass is 32.2. The third kappa shape index (κ3) is 4.38. The minimum Gasteiger partial charge on any atom is -0.325 e. The van der Waals surface area contributed by atoms with Crippen LogP contribution in [0.5, 0.6) is 0 Å². The molecule has 0 fully saturated rings. The van der Waals surface area contributed by atoms with E-state index in [0.29, 0.717) is 5.69 Å². The zero-order chi connectivity index (χ0) is 20.4. The number of aromatic nitrogens is 3. The lowest BCUT2D eigenvalue weighted by Crippen LogP contribution is -2.14. The van der Waals surface area contributed by atoms with Crippen LogP contribution in [0.3, 0.4) is 0 Å². The summed E-state index contributed by atoms with van der Waals surface area (Å²) in [5, 5.41) is 14.5. The van der Waals surface area contributed by atoms with Gasteiger partial charge in [-0.3, -0.25) is 4.79 Å². The molecule has 8 heteroatoms. The highest BCUT2D eigenvalue weighted by Crippen LogP contribution is 2.38. The number of anilines is 1. The largest absolute Gasteiger partial charge is 0.325 e. The first-order valence-electron chi connectivity index (χ1n) is 9.76. The SMILES string of the molecule is CCn1c(SCC(=O)Nc2ccc(F)cc2)nnc1-c1csc2c1CCC(C)C2. The van der Waals surface area contributed by atoms with Crippen LogP contribution in [0.4, 0.5) is 10.1 Å². The van der Waals surface area contributed by atoms with Gasteiger partial charge in [0.25, 0.3) is 0 Å². The van der Waals surface area contributed by atoms with E-state index in [4.69, 9.17) is 0 Å². The van der Waals surface area contributed by atoms with E-state index in [9.17, 15) is 9.18 Å². The molecule has 0 spiro atoms. The topological polar surface area (TPSA) is 59.8 Å². The second-order valence-corrected chi connectivity index (χ2v) is 9.20. The van der Waals surface area contributed by atoms with Gasteiger partial charge in [0.05, 0.1) is 5.75 Å². The first kappa shape index (κ1) is 20.1. The zero-order valence-electron chi connectivity index (χ0n) is 16.4. The van der Waals surface area contributed by atoms with E-state index in [1.807, 2.05) is 11.3 Å². The molecule has 1 unspecified atom stereocenters. The number of halogens is 1. The minimum atomic E-state index is -0.328. The number of thiophene rings is 1. The van der Waals surface area contributed by atoms with E-state index >= 15 is 0 Å². The lowest BCUT2D eigenvalue weighted by molar-refractivity contribution is -0.113. The summed E-state index contributed by atoms with van der Waals surface area (Å²) < 4.78 is 15.1. The average molecular weight is 431 g/mol. The fraction of sp³-hybridized carbons (Fsp3) is 0.381. The second-order valence-electron chi connectivity index (χ2n) is 7.29. The van der Waals surface area contributed by atoms with E-state index in [1.54, 1.807) is 12.1 Å². The Bertz CT molecular complexity index is 1010. The standard InChI is InChI=1S/C21H23FN4OS2/c1-3-26-20(17-11-28-18-10-13(2)4-9-16(17)18)24-25-21(26)29-12-19(27)23-15-7-5-14(22)6-8-15/h5-8,11,13H,3-4,9-10,12H2,1-2H3,(H,23,27). The van der Waals surface area contributed by atoms with Crippen LogP contribution in [0.1, 0.15) is 30.7 Å². The van der Waals surface area contributed by atoms with Gasteiger partial charge in [-0.15, -0.1) is 21.5 Å². The van der Waals surface area contributed by atoms with Gasteiger partial charge in [-0.05, 0) is 61.9 Å². The Balaban J connectivity index is 1.47. The Morgan fingerprint density at radius 1 is 1.34 bits per heavy atom. The quantitative estimate of drug-likeness (QED) is 0.558. The number of hydrogen-bond acceptors (Lipinski definition) is 5. The Hall–Kier alpha value is -2.19. The first-order valence-corrected chi connectivity index (χ1v) is 11.6. The highest BCUT2D eigenvalue weighted by Gasteiger charge is 2.24. The van der Waals surface area contributed by atoms with Crippen LogP contribution >= 0.6 is 23.1 Å². The van der Waals surface area contributed by atoms with Gasteiger partial charge in [0, 0.05) is 28.1 Å². The smallest absolute Gasteiger partial charge is 0.234 e. The Labute approximate surface area is 177 Å². The summed E-state index contributed by atoms with van der Waals surface area (Å²) in [6.45, 7) is 5.12. The van der Waals surface area contributed by atoms with Crippen molar-refractivity contribution in [2.24, 2.45) is 5.92 Å². The molecule has 1 aliphatic rings. The normalized spacial score (nSPS) is 15.9. The molecule has 2 aromatic heterocycles. The molecule has 5 nitrogen and oxygen atoms in total. The van der Waals surface area contributed by atoms with Crippen LogP contribution in [0.2, 0.25) is 0 Å². The summed E-state index contributed by atoms with van der Waals surface area (Å²) >= 11 is 3.19. The number of fused-ring (bicyclic) bond motifs is 1. The van der Waals surface area contributed by atoms with Crippen molar-refractivity contribution in [2.45, 2.75) is 44.8 Å². The second kappa shape index (κ2) is 8.67. The molecule has 0 aliphatic heterocycles. The molecule has 152 valence electrons. The molecule has 29 heavy (non-hydrogen) atoms. The van der Waals surface area contributed by atoms with Crippen molar-refractivity contribution >= 4 is 34.7 Å². The highest BCUT2D eigenvalue weighted by molar-refractivity contribution is 7.99. The van der Waals surface area contributed by atoms with Crippen molar-refractivity contribution in [2.75, 3.05) is 11.1 Å². The number of benzene rings is 1. The molecular weight excluding hydrogens is 407 g/mol. The van der Waals surface area contributed by atoms with Crippen LogP contribution in [-0.2, 0) is 24.2 Å². The summed E-state index contributed by atoms with van der Waals surface area (Å²) in [6, 6.07) is 5.74. The molecule has 0 radical (unpaired) electrons. The van der Waals surface area contributed by atoms with E-state index in [0.717, 1.165) is 36.3 Å². The number of nitrogens with zero attached hydrogens (tertiary/aromatic N) is 3. The number of rotatable bonds is 6. The fourth-order valence-corrected chi connectivity index (χ4v) is 5.65. The molecule has 1 N–H and O–H groups in total. The van der Waals surface area contributed by atoms with Gasteiger partial charge < -0.3 is 9.88 Å². The predicted molar refractivity (Wildman–Crippen MR) is 116 cm³/mol. The van der Waals surface area contributed by atoms with Crippen molar-refractivity contribution in [1.29, 1.82) is 0 Å². The van der Waals surface area contributed by atoms with E-state index in [1.165, 1.54) is 46.3 Å². The van der Waals surface area contributed by atoms with Gasteiger partial charge in [-0.25, -0.2) is 4.39 Å². The molecule has 3 aromatic rings. The van der Waals surface area contributed by atoms with Gasteiger partial charge in [0.2, 0.25) is 5.91 Å². The molecule has 0 saturated heterocycles. The first-order chi connectivity index (χ1) is 14.0. The molecule has 1 aliphatic carbocycles. The maximum Gasteiger partial charge on any atom is 0.234 e. The van der Waals surface area contributed by atoms with Crippen LogP contribution in [0.15, 0.2) is 34.8 Å². The Morgan fingerprint density at radius 3 is 2.90 bits per heavy atom. The lowest BCUT2D eigenvalue weighted by atomic mass is 9.88. The van der Waals surface area contributed by atoms with Crippen molar-refractivity contribution in [1.82, 2.24) is 14.8 Å². The van der Waals surface area contributed by atoms with E-state index in [2.05, 4.69) is 39.3 Å². The predicted octanol–water partition coefficient (Wildman–Crippen LogP) is 5.02. The average Bonchev–Trinajstić information content (AvgIpc) is 3.30. The van der Waals surface area contributed by atoms with Gasteiger partial charge in [0.1, 0.15) is 5.82 Å². The lowest BCUT2D eigenvalue weighted by Gasteiger charge is -2.19. The van der Waals surface area contributed by atoms with Gasteiger partial charge in [0.15, 0.2) is 11.0 Å². The summed E-state index contributed by atoms with van der Waals surface area (Å²) in [5.74, 6) is 1.36. The monoisotopic (exact) mass is 430 g/mol. The van der Waals surface area contributed by atoms with E-state index < -0.39 is 0 Å². The molecule has 0 bridgehead atoms. The van der Waals surface area contributed by atoms with Gasteiger partial charge in [-0.1, -0.05) is 18.7 Å². The van der Waals surface area contributed by atoms with Crippen molar-refractivity contribution in [3.05, 3.63) is 45.9 Å². The number of thioether (sulfide) groups is 1. The van der Waals surface area contributed by atoms with Crippen LogP contribution < -0.4 is 5.32 Å². The van der Waals surface area contributed by atoms with Crippen LogP contribution in [-0.4, -0.2) is 26.4 Å². The van der Waals surface area contributed by atoms with E-state index in [-0.39, 0.29) is 17.5 Å². The molecule has 1 aromatic carbocycles. The molecule has 0 saturated carbocycles. The molecule has 1 atom stereocenters. The zero-order valence-corrected chi connectivity index (χ0v) is 18.1. The Kier molecular flexibility index (Phi) is 6.01. The summed E-state index contributed by atoms with van der Waals surface area (Å²) in [7, 11) is 0. The third-order valence-electron chi connectivity index (χ3n) is 5.14. The third-order valence-corrected chi connectivity index (χ3v) is 7.15. The van der Waals surface area contributed by atoms with Gasteiger partial charge in [-0.2, -0.15) is 0 Å². The van der Waals surface area contributed by atoms with Crippen LogP contribution in [0.25, 0.3) is 11.4 Å². The Morgan fingerprint density at radius 2 is 2.14 bits per heavy atom. The number of carbonyl (C=O) groups excluding carboxylic acids is 1. The van der Waals surface area contributed by atoms with Crippen molar-refractivity contribution in [3.8, 4) is 11.4 Å². The van der Waals surface area contributed by atoms with Crippen molar-refractivity contribution < 1.29 is 9.18 Å². The maximum atomic E-state index is 13.0. The van der Waals surface area contributed by atoms with Gasteiger partial charge >= 0.3 is 0 Å². The number of hydrogen-bond donors (Lipinski definition) is 1.